The van der Waals surface area contributed by atoms with E-state index in [2.05, 4.69) is 20.6 Å². The summed E-state index contributed by atoms with van der Waals surface area (Å²) in [5.41, 5.74) is 1.92. The highest BCUT2D eigenvalue weighted by molar-refractivity contribution is 5.66. The molecule has 0 saturated carbocycles. The Morgan fingerprint density at radius 2 is 1.48 bits per heavy atom. The summed E-state index contributed by atoms with van der Waals surface area (Å²) >= 11 is 0. The van der Waals surface area contributed by atoms with Crippen molar-refractivity contribution in [2.45, 2.75) is 6.54 Å². The molecule has 1 heterocycles. The molecule has 3 rings (SSSR count). The molecule has 2 N–H and O–H groups in total. The number of nitrogens with one attached hydrogen (secondary N) is 2. The fourth-order valence-electron chi connectivity index (χ4n) is 2.50. The van der Waals surface area contributed by atoms with Crippen molar-refractivity contribution in [3.05, 3.63) is 60.4 Å². The van der Waals surface area contributed by atoms with Crippen molar-refractivity contribution in [2.75, 3.05) is 32.0 Å². The van der Waals surface area contributed by atoms with Crippen LogP contribution >= 0.6 is 0 Å². The highest BCUT2D eigenvalue weighted by Gasteiger charge is 2.07. The van der Waals surface area contributed by atoms with Gasteiger partial charge in [-0.2, -0.15) is 0 Å². The van der Waals surface area contributed by atoms with E-state index >= 15 is 0 Å². The fraction of sp³-hybridized carbons (Fsp3) is 0.200. The van der Waals surface area contributed by atoms with Gasteiger partial charge in [-0.25, -0.2) is 9.97 Å². The van der Waals surface area contributed by atoms with Crippen molar-refractivity contribution in [1.82, 2.24) is 9.97 Å². The van der Waals surface area contributed by atoms with Crippen LogP contribution < -0.4 is 24.8 Å². The van der Waals surface area contributed by atoms with Crippen LogP contribution in [0.2, 0.25) is 0 Å². The van der Waals surface area contributed by atoms with Crippen LogP contribution in [0.15, 0.2) is 54.9 Å². The Kier molecular flexibility index (Phi) is 5.94. The predicted octanol–water partition coefficient (Wildman–Crippen LogP) is 3.86. The average Bonchev–Trinajstić information content (AvgIpc) is 2.73. The summed E-state index contributed by atoms with van der Waals surface area (Å²) in [5.74, 6) is 3.60. The van der Waals surface area contributed by atoms with Gasteiger partial charge >= 0.3 is 0 Å². The summed E-state index contributed by atoms with van der Waals surface area (Å²) in [6.45, 7) is 0.645. The maximum absolute atomic E-state index is 5.40. The standard InChI is InChI=1S/C20H22N4O3/c1-25-15-6-4-14(5-7-15)12-21-19-11-20(23-13-22-19)24-17-9-8-16(26-2)10-18(17)27-3/h4-11,13H,12H2,1-3H3,(H2,21,22,23,24). The molecule has 27 heavy (non-hydrogen) atoms. The van der Waals surface area contributed by atoms with E-state index in [-0.39, 0.29) is 0 Å². The molecule has 7 heteroatoms. The maximum atomic E-state index is 5.40. The van der Waals surface area contributed by atoms with Crippen LogP contribution in [0, 0.1) is 0 Å². The number of ether oxygens (including phenoxy) is 3. The Balaban J connectivity index is 1.68. The van der Waals surface area contributed by atoms with Gasteiger partial charge in [0.05, 0.1) is 27.0 Å². The summed E-state index contributed by atoms with van der Waals surface area (Å²) < 4.78 is 15.8. The number of nitrogens with zero attached hydrogens (tertiary/aromatic N) is 2. The Morgan fingerprint density at radius 3 is 2.19 bits per heavy atom. The molecule has 1 aromatic heterocycles. The minimum absolute atomic E-state index is 0.645. The lowest BCUT2D eigenvalue weighted by Gasteiger charge is -2.13. The molecular formula is C20H22N4O3. The molecule has 0 fully saturated rings. The summed E-state index contributed by atoms with van der Waals surface area (Å²) in [4.78, 5) is 8.53. The summed E-state index contributed by atoms with van der Waals surface area (Å²) in [6.07, 6.45) is 1.51. The van der Waals surface area contributed by atoms with Gasteiger partial charge in [-0.05, 0) is 29.8 Å². The van der Waals surface area contributed by atoms with Crippen LogP contribution in [0.1, 0.15) is 5.56 Å². The van der Waals surface area contributed by atoms with Crippen LogP contribution in [-0.2, 0) is 6.54 Å². The van der Waals surface area contributed by atoms with E-state index in [1.54, 1.807) is 21.3 Å². The highest BCUT2D eigenvalue weighted by atomic mass is 16.5. The molecule has 0 radical (unpaired) electrons. The van der Waals surface area contributed by atoms with Gasteiger partial charge in [0.2, 0.25) is 0 Å². The molecule has 0 aliphatic heterocycles. The lowest BCUT2D eigenvalue weighted by molar-refractivity contribution is 0.395. The number of rotatable bonds is 8. The van der Waals surface area contributed by atoms with Gasteiger partial charge < -0.3 is 24.8 Å². The number of anilines is 3. The number of benzene rings is 2. The van der Waals surface area contributed by atoms with Crippen LogP contribution in [0.5, 0.6) is 17.2 Å². The zero-order valence-electron chi connectivity index (χ0n) is 15.5. The van der Waals surface area contributed by atoms with Crippen molar-refractivity contribution < 1.29 is 14.2 Å². The lowest BCUT2D eigenvalue weighted by atomic mass is 10.2. The second-order valence-corrected chi connectivity index (χ2v) is 5.68. The van der Waals surface area contributed by atoms with Crippen molar-refractivity contribution in [3.63, 3.8) is 0 Å². The quantitative estimate of drug-likeness (QED) is 0.627. The molecule has 0 amide bonds. The number of aromatic nitrogens is 2. The Morgan fingerprint density at radius 1 is 0.778 bits per heavy atom. The summed E-state index contributed by atoms with van der Waals surface area (Å²) in [7, 11) is 4.88. The first kappa shape index (κ1) is 18.3. The normalized spacial score (nSPS) is 10.2. The molecule has 0 spiro atoms. The zero-order valence-corrected chi connectivity index (χ0v) is 15.5. The van der Waals surface area contributed by atoms with Crippen LogP contribution in [0.4, 0.5) is 17.3 Å². The molecule has 0 aliphatic carbocycles. The third kappa shape index (κ3) is 4.78. The van der Waals surface area contributed by atoms with Gasteiger partial charge in [0, 0.05) is 18.7 Å². The monoisotopic (exact) mass is 366 g/mol. The average molecular weight is 366 g/mol. The SMILES string of the molecule is COc1ccc(CNc2cc(Nc3ccc(OC)cc3OC)ncn2)cc1. The van der Waals surface area contributed by atoms with Gasteiger partial charge in [0.1, 0.15) is 35.2 Å². The second kappa shape index (κ2) is 8.75. The van der Waals surface area contributed by atoms with E-state index in [1.165, 1.54) is 6.33 Å². The number of methoxy groups -OCH3 is 3. The second-order valence-electron chi connectivity index (χ2n) is 5.68. The van der Waals surface area contributed by atoms with Crippen LogP contribution in [0.3, 0.4) is 0 Å². The van der Waals surface area contributed by atoms with E-state index in [1.807, 2.05) is 48.5 Å². The highest BCUT2D eigenvalue weighted by Crippen LogP contribution is 2.31. The first-order chi connectivity index (χ1) is 13.2. The third-order valence-electron chi connectivity index (χ3n) is 3.97. The molecule has 7 nitrogen and oxygen atoms in total. The van der Waals surface area contributed by atoms with Crippen molar-refractivity contribution in [3.8, 4) is 17.2 Å². The topological polar surface area (TPSA) is 77.5 Å². The van der Waals surface area contributed by atoms with Crippen LogP contribution in [-0.4, -0.2) is 31.3 Å². The largest absolute Gasteiger partial charge is 0.497 e. The van der Waals surface area contributed by atoms with E-state index in [0.29, 0.717) is 18.1 Å². The Hall–Kier alpha value is -3.48. The van der Waals surface area contributed by atoms with E-state index in [4.69, 9.17) is 14.2 Å². The van der Waals surface area contributed by atoms with Gasteiger partial charge in [0.15, 0.2) is 0 Å². The van der Waals surface area contributed by atoms with E-state index in [9.17, 15) is 0 Å². The Labute approximate surface area is 158 Å². The van der Waals surface area contributed by atoms with Crippen molar-refractivity contribution in [1.29, 1.82) is 0 Å². The molecule has 0 unspecified atom stereocenters. The number of hydrogen-bond acceptors (Lipinski definition) is 7. The van der Waals surface area contributed by atoms with Gasteiger partial charge in [-0.15, -0.1) is 0 Å². The molecule has 2 aromatic carbocycles. The number of hydrogen-bond donors (Lipinski definition) is 2. The zero-order chi connectivity index (χ0) is 19.1. The van der Waals surface area contributed by atoms with Gasteiger partial charge in [-0.1, -0.05) is 12.1 Å². The minimum Gasteiger partial charge on any atom is -0.497 e. The predicted molar refractivity (Wildman–Crippen MR) is 105 cm³/mol. The summed E-state index contributed by atoms with van der Waals surface area (Å²) in [5, 5.41) is 6.53. The molecule has 0 saturated heterocycles. The van der Waals surface area contributed by atoms with Gasteiger partial charge in [-0.3, -0.25) is 0 Å². The molecule has 0 atom stereocenters. The lowest BCUT2D eigenvalue weighted by Crippen LogP contribution is -2.03. The van der Waals surface area contributed by atoms with E-state index < -0.39 is 0 Å². The molecular weight excluding hydrogens is 344 g/mol. The van der Waals surface area contributed by atoms with Crippen molar-refractivity contribution >= 4 is 17.3 Å². The first-order valence-electron chi connectivity index (χ1n) is 8.39. The molecule has 140 valence electrons. The summed E-state index contributed by atoms with van der Waals surface area (Å²) in [6, 6.07) is 15.3. The molecule has 0 aliphatic rings. The van der Waals surface area contributed by atoms with E-state index in [0.717, 1.165) is 28.6 Å². The maximum Gasteiger partial charge on any atom is 0.146 e. The fourth-order valence-corrected chi connectivity index (χ4v) is 2.50. The molecule has 3 aromatic rings. The van der Waals surface area contributed by atoms with Gasteiger partial charge in [0.25, 0.3) is 0 Å². The molecule has 0 bridgehead atoms. The minimum atomic E-state index is 0.645. The first-order valence-corrected chi connectivity index (χ1v) is 8.39. The third-order valence-corrected chi connectivity index (χ3v) is 3.97. The Bertz CT molecular complexity index is 885. The smallest absolute Gasteiger partial charge is 0.146 e. The van der Waals surface area contributed by atoms with Crippen LogP contribution in [0.25, 0.3) is 0 Å². The van der Waals surface area contributed by atoms with Crippen molar-refractivity contribution in [2.24, 2.45) is 0 Å².